The number of amides is 2. The Balaban J connectivity index is 1.68. The SMILES string of the molecule is CCCN(CCC)C(=O)c1cc(C(=O)N(CC2C=C(CC)C=CC2)C[C@@H](O)[C@@H](N)Cc2cc(F)cc(F)c2)cc(-c2ncco2)c1. The van der Waals surface area contributed by atoms with E-state index in [9.17, 15) is 23.5 Å². The van der Waals surface area contributed by atoms with Crippen LogP contribution in [0.1, 0.15) is 72.7 Å². The van der Waals surface area contributed by atoms with E-state index >= 15 is 0 Å². The molecule has 0 radical (unpaired) electrons. The Bertz CT molecular complexity index is 1510. The van der Waals surface area contributed by atoms with Crippen molar-refractivity contribution in [2.24, 2.45) is 11.7 Å². The van der Waals surface area contributed by atoms with E-state index in [2.05, 4.69) is 30.1 Å². The highest BCUT2D eigenvalue weighted by molar-refractivity contribution is 6.01. The predicted octanol–water partition coefficient (Wildman–Crippen LogP) is 6.17. The Morgan fingerprint density at radius 1 is 1.00 bits per heavy atom. The van der Waals surface area contributed by atoms with Crippen LogP contribution in [0.15, 0.2) is 77.1 Å². The number of halogens is 2. The van der Waals surface area contributed by atoms with E-state index in [1.807, 2.05) is 13.8 Å². The van der Waals surface area contributed by atoms with Crippen molar-refractivity contribution in [2.75, 3.05) is 26.2 Å². The molecule has 3 atom stereocenters. The molecule has 0 saturated heterocycles. The maximum absolute atomic E-state index is 14.4. The lowest BCUT2D eigenvalue weighted by molar-refractivity contribution is 0.0549. The molecular weight excluding hydrogens is 590 g/mol. The third-order valence-corrected chi connectivity index (χ3v) is 8.05. The van der Waals surface area contributed by atoms with Crippen molar-refractivity contribution in [1.82, 2.24) is 14.8 Å². The zero-order valence-electron chi connectivity index (χ0n) is 26.8. The van der Waals surface area contributed by atoms with E-state index in [0.717, 1.165) is 30.9 Å². The molecule has 0 fully saturated rings. The average Bonchev–Trinajstić information content (AvgIpc) is 3.58. The van der Waals surface area contributed by atoms with Gasteiger partial charge in [-0.1, -0.05) is 44.6 Å². The number of carbonyl (C=O) groups is 2. The third-order valence-electron chi connectivity index (χ3n) is 8.05. The van der Waals surface area contributed by atoms with Gasteiger partial charge in [-0.2, -0.15) is 0 Å². The van der Waals surface area contributed by atoms with Crippen LogP contribution < -0.4 is 5.73 Å². The lowest BCUT2D eigenvalue weighted by atomic mass is 9.93. The number of aromatic nitrogens is 1. The highest BCUT2D eigenvalue weighted by Crippen LogP contribution is 2.26. The zero-order valence-corrected chi connectivity index (χ0v) is 26.8. The second kappa shape index (κ2) is 16.4. The molecule has 46 heavy (non-hydrogen) atoms. The number of aliphatic hydroxyl groups excluding tert-OH is 1. The first-order chi connectivity index (χ1) is 22.1. The molecular formula is C36H44F2N4O4. The number of carbonyl (C=O) groups excluding carboxylic acids is 2. The molecule has 0 bridgehead atoms. The van der Waals surface area contributed by atoms with Gasteiger partial charge in [0.15, 0.2) is 0 Å². The summed E-state index contributed by atoms with van der Waals surface area (Å²) in [5.41, 5.74) is 8.84. The molecule has 246 valence electrons. The molecule has 1 aliphatic carbocycles. The molecule has 2 amide bonds. The molecule has 3 aromatic rings. The fourth-order valence-corrected chi connectivity index (χ4v) is 5.79. The monoisotopic (exact) mass is 634 g/mol. The molecule has 0 aliphatic heterocycles. The van der Waals surface area contributed by atoms with E-state index in [4.69, 9.17) is 10.2 Å². The van der Waals surface area contributed by atoms with Crippen molar-refractivity contribution >= 4 is 11.8 Å². The first-order valence-corrected chi connectivity index (χ1v) is 16.0. The molecule has 1 aromatic heterocycles. The number of oxazole rings is 1. The summed E-state index contributed by atoms with van der Waals surface area (Å²) < 4.78 is 33.2. The van der Waals surface area contributed by atoms with Crippen molar-refractivity contribution in [3.05, 3.63) is 101 Å². The van der Waals surface area contributed by atoms with E-state index in [-0.39, 0.29) is 42.8 Å². The first-order valence-electron chi connectivity index (χ1n) is 16.0. The van der Waals surface area contributed by atoms with Gasteiger partial charge in [0.1, 0.15) is 17.9 Å². The summed E-state index contributed by atoms with van der Waals surface area (Å²) in [7, 11) is 0. The number of hydrogen-bond donors (Lipinski definition) is 2. The summed E-state index contributed by atoms with van der Waals surface area (Å²) in [6.07, 6.45) is 11.1. The van der Waals surface area contributed by atoms with Crippen LogP contribution in [0.2, 0.25) is 0 Å². The highest BCUT2D eigenvalue weighted by Gasteiger charge is 2.28. The smallest absolute Gasteiger partial charge is 0.254 e. The quantitative estimate of drug-likeness (QED) is 0.207. The summed E-state index contributed by atoms with van der Waals surface area (Å²) >= 11 is 0. The number of rotatable bonds is 15. The van der Waals surface area contributed by atoms with Gasteiger partial charge in [0.05, 0.1) is 12.3 Å². The second-order valence-corrected chi connectivity index (χ2v) is 11.8. The van der Waals surface area contributed by atoms with Gasteiger partial charge in [0.2, 0.25) is 5.89 Å². The molecule has 0 spiro atoms. The van der Waals surface area contributed by atoms with Crippen LogP contribution in [0.25, 0.3) is 11.5 Å². The fraction of sp³-hybridized carbons (Fsp3) is 0.417. The van der Waals surface area contributed by atoms with Crippen LogP contribution in [0.4, 0.5) is 8.78 Å². The topological polar surface area (TPSA) is 113 Å². The average molecular weight is 635 g/mol. The molecule has 8 nitrogen and oxygen atoms in total. The summed E-state index contributed by atoms with van der Waals surface area (Å²) in [6.45, 7) is 7.38. The van der Waals surface area contributed by atoms with Crippen LogP contribution in [0.5, 0.6) is 0 Å². The van der Waals surface area contributed by atoms with Crippen LogP contribution in [0.3, 0.4) is 0 Å². The molecule has 2 aromatic carbocycles. The minimum Gasteiger partial charge on any atom is -0.445 e. The summed E-state index contributed by atoms with van der Waals surface area (Å²) in [4.78, 5) is 35.6. The van der Waals surface area contributed by atoms with Crippen LogP contribution in [0, 0.1) is 17.6 Å². The van der Waals surface area contributed by atoms with E-state index in [0.29, 0.717) is 36.2 Å². The maximum Gasteiger partial charge on any atom is 0.254 e. The second-order valence-electron chi connectivity index (χ2n) is 11.8. The molecule has 4 rings (SSSR count). The normalized spacial score (nSPS) is 15.7. The van der Waals surface area contributed by atoms with Gasteiger partial charge in [-0.3, -0.25) is 9.59 Å². The van der Waals surface area contributed by atoms with Crippen molar-refractivity contribution in [1.29, 1.82) is 0 Å². The number of allylic oxidation sites excluding steroid dienone is 3. The third kappa shape index (κ3) is 9.20. The van der Waals surface area contributed by atoms with Crippen molar-refractivity contribution in [2.45, 2.75) is 65.0 Å². The van der Waals surface area contributed by atoms with Crippen molar-refractivity contribution in [3.8, 4) is 11.5 Å². The van der Waals surface area contributed by atoms with Crippen LogP contribution in [-0.4, -0.2) is 70.0 Å². The largest absolute Gasteiger partial charge is 0.445 e. The van der Waals surface area contributed by atoms with Gasteiger partial charge >= 0.3 is 0 Å². The van der Waals surface area contributed by atoms with Gasteiger partial charge in [-0.25, -0.2) is 13.8 Å². The van der Waals surface area contributed by atoms with E-state index in [1.54, 1.807) is 28.0 Å². The summed E-state index contributed by atoms with van der Waals surface area (Å²) in [5, 5.41) is 11.2. The van der Waals surface area contributed by atoms with E-state index in [1.165, 1.54) is 24.6 Å². The highest BCUT2D eigenvalue weighted by atomic mass is 19.1. The molecule has 3 N–H and O–H groups in total. The number of aliphatic hydroxyl groups is 1. The molecule has 1 aliphatic rings. The van der Waals surface area contributed by atoms with Gasteiger partial charge < -0.3 is 25.1 Å². The molecule has 1 heterocycles. The lowest BCUT2D eigenvalue weighted by Gasteiger charge is -2.31. The maximum atomic E-state index is 14.4. The number of nitrogens with zero attached hydrogens (tertiary/aromatic N) is 3. The zero-order chi connectivity index (χ0) is 33.2. The van der Waals surface area contributed by atoms with Crippen molar-refractivity contribution < 1.29 is 27.9 Å². The predicted molar refractivity (Wildman–Crippen MR) is 174 cm³/mol. The minimum absolute atomic E-state index is 0.00686. The van der Waals surface area contributed by atoms with Gasteiger partial charge in [-0.15, -0.1) is 0 Å². The Morgan fingerprint density at radius 2 is 1.65 bits per heavy atom. The van der Waals surface area contributed by atoms with Crippen molar-refractivity contribution in [3.63, 3.8) is 0 Å². The van der Waals surface area contributed by atoms with Crippen LogP contribution in [-0.2, 0) is 6.42 Å². The summed E-state index contributed by atoms with van der Waals surface area (Å²) in [5.74, 6) is -1.80. The molecule has 1 unspecified atom stereocenters. The fourth-order valence-electron chi connectivity index (χ4n) is 5.79. The lowest BCUT2D eigenvalue weighted by Crippen LogP contribution is -2.48. The summed E-state index contributed by atoms with van der Waals surface area (Å²) in [6, 6.07) is 7.12. The van der Waals surface area contributed by atoms with Gasteiger partial charge in [0.25, 0.3) is 11.8 Å². The number of hydrogen-bond acceptors (Lipinski definition) is 6. The standard InChI is InChI=1S/C36H44F2N4O4/c1-4-11-41(12-5-2)35(44)28-18-27(34-40-10-13-46-34)19-29(20-28)36(45)42(22-25-9-7-8-24(6-3)14-25)23-33(43)32(39)17-26-15-30(37)21-31(38)16-26/h7-8,10,13-16,18-21,25,32-33,43H,4-6,9,11-12,17,22-23,39H2,1-3H3/t25?,32-,33+/m0/s1. The Labute approximate surface area is 269 Å². The van der Waals surface area contributed by atoms with E-state index < -0.39 is 29.7 Å². The number of nitrogens with two attached hydrogens (primary N) is 1. The van der Waals surface area contributed by atoms with Crippen LogP contribution >= 0.6 is 0 Å². The first kappa shape index (κ1) is 34.7. The number of benzene rings is 2. The molecule has 0 saturated carbocycles. The Morgan fingerprint density at radius 3 is 2.24 bits per heavy atom. The molecule has 10 heteroatoms. The Kier molecular flexibility index (Phi) is 12.4. The van der Waals surface area contributed by atoms with Gasteiger partial charge in [0, 0.05) is 55.0 Å². The minimum atomic E-state index is -1.20. The Hall–Kier alpha value is -4.15. The van der Waals surface area contributed by atoms with Gasteiger partial charge in [-0.05, 0) is 73.9 Å².